The van der Waals surface area contributed by atoms with Gasteiger partial charge in [0.1, 0.15) is 5.54 Å². The fourth-order valence-electron chi connectivity index (χ4n) is 3.42. The fourth-order valence-corrected chi connectivity index (χ4v) is 3.42. The number of anilines is 1. The molecule has 7 nitrogen and oxygen atoms in total. The first-order valence-corrected chi connectivity index (χ1v) is 8.70. The zero-order valence-electron chi connectivity index (χ0n) is 15.3. The molecule has 0 bridgehead atoms. The summed E-state index contributed by atoms with van der Waals surface area (Å²) in [6.45, 7) is 5.26. The molecule has 138 valence electrons. The summed E-state index contributed by atoms with van der Waals surface area (Å²) in [6.07, 6.45) is 4.80. The van der Waals surface area contributed by atoms with Gasteiger partial charge in [0.15, 0.2) is 0 Å². The Bertz CT molecular complexity index is 808. The summed E-state index contributed by atoms with van der Waals surface area (Å²) >= 11 is 0. The molecule has 0 aliphatic carbocycles. The van der Waals surface area contributed by atoms with Crippen molar-refractivity contribution in [3.8, 4) is 0 Å². The van der Waals surface area contributed by atoms with Gasteiger partial charge in [-0.3, -0.25) is 9.48 Å². The molecule has 1 aliphatic rings. The first kappa shape index (κ1) is 18.1. The predicted octanol–water partition coefficient (Wildman–Crippen LogP) is 2.00. The van der Waals surface area contributed by atoms with Crippen molar-refractivity contribution >= 4 is 17.6 Å². The summed E-state index contributed by atoms with van der Waals surface area (Å²) in [5, 5.41) is 10.6. The number of hydrogen-bond donors (Lipinski definition) is 2. The number of rotatable bonds is 4. The average Bonchev–Trinajstić information content (AvgIpc) is 3.19. The van der Waals surface area contributed by atoms with Gasteiger partial charge in [0.2, 0.25) is 0 Å². The lowest BCUT2D eigenvalue weighted by atomic mass is 9.87. The van der Waals surface area contributed by atoms with Crippen LogP contribution in [0.4, 0.5) is 5.69 Å². The summed E-state index contributed by atoms with van der Waals surface area (Å²) < 4.78 is 6.59. The molecule has 1 aliphatic heterocycles. The van der Waals surface area contributed by atoms with E-state index in [9.17, 15) is 9.59 Å². The molecule has 1 aromatic carbocycles. The van der Waals surface area contributed by atoms with E-state index in [1.165, 1.54) is 7.11 Å². The quantitative estimate of drug-likeness (QED) is 0.819. The van der Waals surface area contributed by atoms with Gasteiger partial charge in [0.25, 0.3) is 5.91 Å². The van der Waals surface area contributed by atoms with Gasteiger partial charge >= 0.3 is 5.97 Å². The Morgan fingerprint density at radius 1 is 1.27 bits per heavy atom. The van der Waals surface area contributed by atoms with Crippen LogP contribution in [0.15, 0.2) is 30.6 Å². The van der Waals surface area contributed by atoms with Crippen LogP contribution in [-0.2, 0) is 15.1 Å². The largest absolute Gasteiger partial charge is 0.465 e. The van der Waals surface area contributed by atoms with Crippen molar-refractivity contribution in [3.63, 3.8) is 0 Å². The van der Waals surface area contributed by atoms with E-state index in [0.717, 1.165) is 24.2 Å². The zero-order chi connectivity index (χ0) is 18.7. The van der Waals surface area contributed by atoms with E-state index in [2.05, 4.69) is 15.7 Å². The van der Waals surface area contributed by atoms with Crippen molar-refractivity contribution in [2.75, 3.05) is 25.5 Å². The van der Waals surface area contributed by atoms with Crippen LogP contribution in [0.5, 0.6) is 0 Å². The van der Waals surface area contributed by atoms with E-state index in [0.29, 0.717) is 24.1 Å². The lowest BCUT2D eigenvalue weighted by Gasteiger charge is -2.36. The molecule has 1 fully saturated rings. The van der Waals surface area contributed by atoms with Crippen molar-refractivity contribution in [3.05, 3.63) is 47.3 Å². The third kappa shape index (κ3) is 3.22. The number of ether oxygens (including phenoxy) is 1. The number of nitrogens with zero attached hydrogens (tertiary/aromatic N) is 2. The number of methoxy groups -OCH3 is 1. The van der Waals surface area contributed by atoms with Crippen LogP contribution in [0.2, 0.25) is 0 Å². The maximum absolute atomic E-state index is 13.2. The summed E-state index contributed by atoms with van der Waals surface area (Å²) in [4.78, 5) is 25.2. The summed E-state index contributed by atoms with van der Waals surface area (Å²) in [7, 11) is 1.35. The Labute approximate surface area is 152 Å². The lowest BCUT2D eigenvalue weighted by Crippen LogP contribution is -2.52. The number of carbonyl (C=O) groups is 2. The summed E-state index contributed by atoms with van der Waals surface area (Å²) in [5.74, 6) is -0.535. The smallest absolute Gasteiger partial charge is 0.338 e. The molecule has 0 atom stereocenters. The first-order valence-electron chi connectivity index (χ1n) is 8.70. The van der Waals surface area contributed by atoms with Crippen LogP contribution >= 0.6 is 0 Å². The SMILES string of the molecule is COC(=O)c1cc(NC(=O)C2(n3cccn3)CCNCC2)cc(C)c1C. The van der Waals surface area contributed by atoms with Gasteiger partial charge in [-0.1, -0.05) is 0 Å². The maximum Gasteiger partial charge on any atom is 0.338 e. The minimum absolute atomic E-state index is 0.123. The van der Waals surface area contributed by atoms with Gasteiger partial charge in [-0.05, 0) is 69.1 Å². The number of carbonyl (C=O) groups excluding carboxylic acids is 2. The van der Waals surface area contributed by atoms with Crippen molar-refractivity contribution in [2.45, 2.75) is 32.2 Å². The number of benzene rings is 1. The molecule has 2 aromatic rings. The Kier molecular flexibility index (Phi) is 5.08. The molecule has 3 rings (SSSR count). The van der Waals surface area contributed by atoms with Gasteiger partial charge in [0.05, 0.1) is 12.7 Å². The number of hydrogen-bond acceptors (Lipinski definition) is 5. The highest BCUT2D eigenvalue weighted by molar-refractivity contribution is 5.99. The Morgan fingerprint density at radius 3 is 2.62 bits per heavy atom. The van der Waals surface area contributed by atoms with E-state index >= 15 is 0 Å². The standard InChI is InChI=1S/C19H24N4O3/c1-13-11-15(12-16(14(13)2)17(24)26-3)22-18(25)19(5-8-20-9-6-19)23-10-4-7-21-23/h4,7,10-12,20H,5-6,8-9H2,1-3H3,(H,22,25). The van der Waals surface area contributed by atoms with Crippen LogP contribution in [0, 0.1) is 13.8 Å². The van der Waals surface area contributed by atoms with Crippen LogP contribution < -0.4 is 10.6 Å². The van der Waals surface area contributed by atoms with Gasteiger partial charge in [-0.25, -0.2) is 4.79 Å². The highest BCUT2D eigenvalue weighted by Crippen LogP contribution is 2.29. The molecule has 26 heavy (non-hydrogen) atoms. The van der Waals surface area contributed by atoms with E-state index < -0.39 is 11.5 Å². The monoisotopic (exact) mass is 356 g/mol. The van der Waals surface area contributed by atoms with Crippen molar-refractivity contribution < 1.29 is 14.3 Å². The molecule has 2 heterocycles. The minimum atomic E-state index is -0.737. The molecule has 1 amide bonds. The zero-order valence-corrected chi connectivity index (χ0v) is 15.3. The van der Waals surface area contributed by atoms with Gasteiger partial charge < -0.3 is 15.4 Å². The molecule has 0 unspecified atom stereocenters. The fraction of sp³-hybridized carbons (Fsp3) is 0.421. The number of amides is 1. The maximum atomic E-state index is 13.2. The average molecular weight is 356 g/mol. The van der Waals surface area contributed by atoms with Crippen molar-refractivity contribution in [1.29, 1.82) is 0 Å². The Morgan fingerprint density at radius 2 is 2.00 bits per heavy atom. The first-order chi connectivity index (χ1) is 12.5. The second-order valence-corrected chi connectivity index (χ2v) is 6.64. The number of aryl methyl sites for hydroxylation is 1. The molecule has 2 N–H and O–H groups in total. The number of esters is 1. The summed E-state index contributed by atoms with van der Waals surface area (Å²) in [6, 6.07) is 5.36. The second kappa shape index (κ2) is 7.29. The number of aromatic nitrogens is 2. The van der Waals surface area contributed by atoms with Gasteiger partial charge in [0, 0.05) is 18.1 Å². The van der Waals surface area contributed by atoms with E-state index in [1.807, 2.05) is 32.2 Å². The molecular formula is C19H24N4O3. The molecular weight excluding hydrogens is 332 g/mol. The molecule has 0 saturated carbocycles. The molecule has 7 heteroatoms. The van der Waals surface area contributed by atoms with E-state index in [1.54, 1.807) is 16.9 Å². The van der Waals surface area contributed by atoms with Gasteiger partial charge in [-0.2, -0.15) is 5.10 Å². The number of piperidine rings is 1. The molecule has 1 saturated heterocycles. The second-order valence-electron chi connectivity index (χ2n) is 6.64. The van der Waals surface area contributed by atoms with Crippen LogP contribution in [-0.4, -0.2) is 41.9 Å². The Balaban J connectivity index is 1.93. The lowest BCUT2D eigenvalue weighted by molar-refractivity contribution is -0.126. The van der Waals surface area contributed by atoms with Gasteiger partial charge in [-0.15, -0.1) is 0 Å². The molecule has 0 spiro atoms. The molecule has 1 aromatic heterocycles. The minimum Gasteiger partial charge on any atom is -0.465 e. The third-order valence-electron chi connectivity index (χ3n) is 5.13. The van der Waals surface area contributed by atoms with Crippen LogP contribution in [0.3, 0.4) is 0 Å². The van der Waals surface area contributed by atoms with Crippen LogP contribution in [0.25, 0.3) is 0 Å². The predicted molar refractivity (Wildman–Crippen MR) is 98.2 cm³/mol. The van der Waals surface area contributed by atoms with Crippen molar-refractivity contribution in [2.24, 2.45) is 0 Å². The number of nitrogens with one attached hydrogen (secondary N) is 2. The van der Waals surface area contributed by atoms with Crippen LogP contribution in [0.1, 0.15) is 34.3 Å². The van der Waals surface area contributed by atoms with E-state index in [4.69, 9.17) is 4.74 Å². The highest BCUT2D eigenvalue weighted by atomic mass is 16.5. The topological polar surface area (TPSA) is 85.2 Å². The normalized spacial score (nSPS) is 16.1. The third-order valence-corrected chi connectivity index (χ3v) is 5.13. The van der Waals surface area contributed by atoms with Crippen molar-refractivity contribution in [1.82, 2.24) is 15.1 Å². The summed E-state index contributed by atoms with van der Waals surface area (Å²) in [5.41, 5.74) is 2.07. The highest BCUT2D eigenvalue weighted by Gasteiger charge is 2.42. The Hall–Kier alpha value is -2.67. The molecule has 0 radical (unpaired) electrons. The van der Waals surface area contributed by atoms with E-state index in [-0.39, 0.29) is 5.91 Å².